The number of Topliss-reactive ketones (excluding diaryl/α,β-unsaturated/α-hetero) is 1. The lowest BCUT2D eigenvalue weighted by atomic mass is 9.66. The zero-order valence-corrected chi connectivity index (χ0v) is 17.8. The van der Waals surface area contributed by atoms with Crippen LogP contribution in [0.2, 0.25) is 0 Å². The normalized spacial score (nSPS) is 20.0. The van der Waals surface area contributed by atoms with Crippen molar-refractivity contribution in [2.45, 2.75) is 33.1 Å². The number of nitrogens with zero attached hydrogens (tertiary/aromatic N) is 1. The summed E-state index contributed by atoms with van der Waals surface area (Å²) in [4.78, 5) is 53.2. The lowest BCUT2D eigenvalue weighted by molar-refractivity contribution is -0.142. The maximum Gasteiger partial charge on any atom is 0.341 e. The van der Waals surface area contributed by atoms with Crippen LogP contribution in [0.4, 0.5) is 5.69 Å². The van der Waals surface area contributed by atoms with Gasteiger partial charge >= 0.3 is 11.9 Å². The van der Waals surface area contributed by atoms with Crippen molar-refractivity contribution in [2.24, 2.45) is 5.73 Å². The minimum Gasteiger partial charge on any atom is -0.465 e. The molecule has 164 valence electrons. The molecule has 0 saturated carbocycles. The molecule has 0 fully saturated rings. The van der Waals surface area contributed by atoms with E-state index in [-0.39, 0.29) is 36.0 Å². The Hall–Kier alpha value is -3.62. The number of hydrogen-bond acceptors (Lipinski definition) is 8. The zero-order valence-electron chi connectivity index (χ0n) is 17.8. The smallest absolute Gasteiger partial charge is 0.341 e. The van der Waals surface area contributed by atoms with Crippen molar-refractivity contribution in [3.05, 3.63) is 52.6 Å². The molecular formula is C22H24N2O7. The first kappa shape index (κ1) is 22.1. The standard InChI is InChI=1S/C22H24N2O7/c1-5-29-16(26)11-24-15-10-8-7-9-14(15)22(21(24)28)17(12(3)25)13(4)31-19(23)18(22)20(27)30-6-2/h7-10H,5-6,11,23H2,1-4H3. The molecule has 31 heavy (non-hydrogen) atoms. The van der Waals surface area contributed by atoms with Gasteiger partial charge in [0.1, 0.15) is 23.3 Å². The first-order chi connectivity index (χ1) is 14.7. The number of ketones is 1. The summed E-state index contributed by atoms with van der Waals surface area (Å²) in [5.41, 5.74) is 4.57. The summed E-state index contributed by atoms with van der Waals surface area (Å²) in [7, 11) is 0. The van der Waals surface area contributed by atoms with Crippen molar-refractivity contribution < 1.29 is 33.4 Å². The van der Waals surface area contributed by atoms with Gasteiger partial charge in [-0.05, 0) is 33.8 Å². The molecule has 2 aliphatic rings. The largest absolute Gasteiger partial charge is 0.465 e. The first-order valence-corrected chi connectivity index (χ1v) is 9.86. The number of hydrogen-bond donors (Lipinski definition) is 1. The Morgan fingerprint density at radius 1 is 1.10 bits per heavy atom. The molecule has 1 unspecified atom stereocenters. The lowest BCUT2D eigenvalue weighted by Crippen LogP contribution is -2.51. The number of allylic oxidation sites excluding steroid dienone is 1. The number of esters is 2. The predicted octanol–water partition coefficient (Wildman–Crippen LogP) is 1.46. The van der Waals surface area contributed by atoms with Crippen LogP contribution in [0, 0.1) is 0 Å². The maximum atomic E-state index is 14.0. The van der Waals surface area contributed by atoms with Crippen molar-refractivity contribution in [3.63, 3.8) is 0 Å². The van der Waals surface area contributed by atoms with Gasteiger partial charge in [0, 0.05) is 11.3 Å². The summed E-state index contributed by atoms with van der Waals surface area (Å²) >= 11 is 0. The fourth-order valence-corrected chi connectivity index (χ4v) is 4.24. The van der Waals surface area contributed by atoms with Crippen LogP contribution < -0.4 is 10.6 Å². The van der Waals surface area contributed by atoms with Crippen molar-refractivity contribution in [2.75, 3.05) is 24.7 Å². The molecule has 3 rings (SSSR count). The van der Waals surface area contributed by atoms with Gasteiger partial charge in [0.2, 0.25) is 11.8 Å². The van der Waals surface area contributed by atoms with E-state index in [4.69, 9.17) is 19.9 Å². The topological polar surface area (TPSA) is 125 Å². The molecule has 2 heterocycles. The minimum atomic E-state index is -1.90. The quantitative estimate of drug-likeness (QED) is 0.675. The Morgan fingerprint density at radius 3 is 2.35 bits per heavy atom. The van der Waals surface area contributed by atoms with E-state index in [9.17, 15) is 19.2 Å². The average Bonchev–Trinajstić information content (AvgIpc) is 2.91. The Labute approximate surface area is 179 Å². The van der Waals surface area contributed by atoms with Crippen molar-refractivity contribution in [1.29, 1.82) is 0 Å². The van der Waals surface area contributed by atoms with Gasteiger partial charge in [-0.2, -0.15) is 0 Å². The van der Waals surface area contributed by atoms with Gasteiger partial charge in [-0.3, -0.25) is 19.3 Å². The third-order valence-corrected chi connectivity index (χ3v) is 5.20. The number of benzene rings is 1. The van der Waals surface area contributed by atoms with E-state index in [1.807, 2.05) is 0 Å². The summed E-state index contributed by atoms with van der Waals surface area (Å²) in [5, 5.41) is 0. The van der Waals surface area contributed by atoms with Crippen molar-refractivity contribution in [3.8, 4) is 0 Å². The van der Waals surface area contributed by atoms with Gasteiger partial charge in [-0.15, -0.1) is 0 Å². The number of amides is 1. The monoisotopic (exact) mass is 428 g/mol. The average molecular weight is 428 g/mol. The second-order valence-electron chi connectivity index (χ2n) is 7.01. The van der Waals surface area contributed by atoms with E-state index < -0.39 is 35.6 Å². The Morgan fingerprint density at radius 2 is 1.74 bits per heavy atom. The van der Waals surface area contributed by atoms with Gasteiger partial charge in [0.15, 0.2) is 5.78 Å². The molecule has 0 aliphatic carbocycles. The summed E-state index contributed by atoms with van der Waals surface area (Å²) in [6, 6.07) is 6.60. The summed E-state index contributed by atoms with van der Waals surface area (Å²) < 4.78 is 15.7. The van der Waals surface area contributed by atoms with E-state index in [1.165, 1.54) is 18.7 Å². The molecule has 1 spiro atoms. The SMILES string of the molecule is CCOC(=O)CN1C(=O)C2(C(C(C)=O)=C(C)OC(N)=C2C(=O)OCC)c2ccccc21. The molecular weight excluding hydrogens is 404 g/mol. The molecule has 1 amide bonds. The number of carbonyl (C=O) groups excluding carboxylic acids is 4. The summed E-state index contributed by atoms with van der Waals surface area (Å²) in [6.07, 6.45) is 0. The Kier molecular flexibility index (Phi) is 5.88. The number of para-hydroxylation sites is 1. The highest BCUT2D eigenvalue weighted by atomic mass is 16.5. The zero-order chi connectivity index (χ0) is 22.9. The molecule has 0 radical (unpaired) electrons. The van der Waals surface area contributed by atoms with Crippen LogP contribution in [-0.4, -0.2) is 43.4 Å². The van der Waals surface area contributed by atoms with Crippen LogP contribution in [0.5, 0.6) is 0 Å². The molecule has 0 saturated heterocycles. The Bertz CT molecular complexity index is 1040. The van der Waals surface area contributed by atoms with Crippen LogP contribution in [0.1, 0.15) is 33.3 Å². The number of fused-ring (bicyclic) bond motifs is 2. The Balaban J connectivity index is 2.35. The summed E-state index contributed by atoms with van der Waals surface area (Å²) in [5.74, 6) is -2.91. The minimum absolute atomic E-state index is 0.0200. The number of nitrogens with two attached hydrogens (primary N) is 1. The van der Waals surface area contributed by atoms with E-state index in [0.29, 0.717) is 11.3 Å². The molecule has 1 atom stereocenters. The van der Waals surface area contributed by atoms with Crippen LogP contribution >= 0.6 is 0 Å². The van der Waals surface area contributed by atoms with Crippen LogP contribution in [0.25, 0.3) is 0 Å². The number of ether oxygens (including phenoxy) is 3. The van der Waals surface area contributed by atoms with Crippen molar-refractivity contribution >= 4 is 29.3 Å². The molecule has 1 aromatic rings. The van der Waals surface area contributed by atoms with Gasteiger partial charge in [-0.1, -0.05) is 18.2 Å². The number of carbonyl (C=O) groups is 4. The van der Waals surface area contributed by atoms with E-state index in [0.717, 1.165) is 0 Å². The van der Waals surface area contributed by atoms with Gasteiger partial charge in [0.05, 0.1) is 18.8 Å². The molecule has 9 heteroatoms. The van der Waals surface area contributed by atoms with Crippen LogP contribution in [0.15, 0.2) is 47.1 Å². The number of anilines is 1. The highest BCUT2D eigenvalue weighted by Crippen LogP contribution is 2.54. The molecule has 0 aromatic heterocycles. The third-order valence-electron chi connectivity index (χ3n) is 5.20. The first-order valence-electron chi connectivity index (χ1n) is 9.86. The molecule has 1 aromatic carbocycles. The third kappa shape index (κ3) is 3.26. The second kappa shape index (κ2) is 8.25. The van der Waals surface area contributed by atoms with E-state index in [2.05, 4.69) is 0 Å². The van der Waals surface area contributed by atoms with Gasteiger partial charge in [-0.25, -0.2) is 4.79 Å². The predicted molar refractivity (Wildman–Crippen MR) is 109 cm³/mol. The molecule has 9 nitrogen and oxygen atoms in total. The lowest BCUT2D eigenvalue weighted by Gasteiger charge is -2.36. The van der Waals surface area contributed by atoms with Crippen LogP contribution in [0.3, 0.4) is 0 Å². The molecule has 0 bridgehead atoms. The highest BCUT2D eigenvalue weighted by molar-refractivity contribution is 6.23. The molecule has 2 N–H and O–H groups in total. The maximum absolute atomic E-state index is 14.0. The fraction of sp³-hybridized carbons (Fsp3) is 0.364. The van der Waals surface area contributed by atoms with E-state index >= 15 is 0 Å². The number of rotatable bonds is 6. The van der Waals surface area contributed by atoms with Crippen LogP contribution in [-0.2, 0) is 38.8 Å². The summed E-state index contributed by atoms with van der Waals surface area (Å²) in [6.45, 7) is 5.80. The second-order valence-corrected chi connectivity index (χ2v) is 7.01. The van der Waals surface area contributed by atoms with Gasteiger partial charge in [0.25, 0.3) is 0 Å². The van der Waals surface area contributed by atoms with E-state index in [1.54, 1.807) is 38.1 Å². The highest BCUT2D eigenvalue weighted by Gasteiger charge is 2.63. The molecule has 2 aliphatic heterocycles. The van der Waals surface area contributed by atoms with Gasteiger partial charge < -0.3 is 19.9 Å². The van der Waals surface area contributed by atoms with Crippen molar-refractivity contribution in [1.82, 2.24) is 0 Å². The fourth-order valence-electron chi connectivity index (χ4n) is 4.24.